The van der Waals surface area contributed by atoms with E-state index < -0.39 is 9.84 Å². The zero-order valence-electron chi connectivity index (χ0n) is 10.3. The number of aromatic nitrogens is 2. The molecule has 19 heavy (non-hydrogen) atoms. The first kappa shape index (κ1) is 14.8. The van der Waals surface area contributed by atoms with Gasteiger partial charge in [0.15, 0.2) is 9.84 Å². The highest BCUT2D eigenvalue weighted by molar-refractivity contribution is 14.1. The number of sulfone groups is 1. The maximum absolute atomic E-state index is 11.5. The Kier molecular flexibility index (Phi) is 4.22. The Labute approximate surface area is 130 Å². The first-order chi connectivity index (χ1) is 8.79. The molecular formula is C12H12ClIN2O2S. The molecule has 0 aliphatic carbocycles. The van der Waals surface area contributed by atoms with Crippen molar-refractivity contribution >= 4 is 44.0 Å². The molecule has 1 aromatic heterocycles. The molecule has 0 N–H and O–H groups in total. The lowest BCUT2D eigenvalue weighted by Gasteiger charge is -2.12. The van der Waals surface area contributed by atoms with Gasteiger partial charge in [0.25, 0.3) is 0 Å². The lowest BCUT2D eigenvalue weighted by Crippen LogP contribution is -2.01. The van der Waals surface area contributed by atoms with Crippen molar-refractivity contribution in [2.75, 3.05) is 6.26 Å². The molecule has 0 spiro atoms. The van der Waals surface area contributed by atoms with Crippen molar-refractivity contribution in [1.82, 2.24) is 9.78 Å². The molecule has 0 amide bonds. The van der Waals surface area contributed by atoms with E-state index in [-0.39, 0.29) is 8.82 Å². The van der Waals surface area contributed by atoms with Gasteiger partial charge in [-0.15, -0.1) is 0 Å². The Morgan fingerprint density at radius 3 is 2.63 bits per heavy atom. The summed E-state index contributed by atoms with van der Waals surface area (Å²) in [6, 6.07) is 5.48. The summed E-state index contributed by atoms with van der Waals surface area (Å²) in [5, 5.41) is 4.77. The van der Waals surface area contributed by atoms with E-state index in [0.717, 1.165) is 17.5 Å². The zero-order valence-corrected chi connectivity index (χ0v) is 14.1. The van der Waals surface area contributed by atoms with E-state index in [2.05, 4.69) is 27.7 Å². The van der Waals surface area contributed by atoms with Crippen LogP contribution >= 0.6 is 34.2 Å². The van der Waals surface area contributed by atoms with E-state index in [1.807, 2.05) is 19.1 Å². The van der Waals surface area contributed by atoms with Crippen LogP contribution in [0, 0.1) is 0 Å². The van der Waals surface area contributed by atoms with Gasteiger partial charge in [0.2, 0.25) is 0 Å². The molecule has 0 fully saturated rings. The van der Waals surface area contributed by atoms with E-state index >= 15 is 0 Å². The van der Waals surface area contributed by atoms with Crippen LogP contribution in [0.25, 0.3) is 5.69 Å². The molecule has 1 aromatic carbocycles. The minimum Gasteiger partial charge on any atom is -0.239 e. The summed E-state index contributed by atoms with van der Waals surface area (Å²) in [7, 11) is -3.24. The van der Waals surface area contributed by atoms with Gasteiger partial charge in [-0.1, -0.05) is 34.2 Å². The number of hydrogen-bond acceptors (Lipinski definition) is 3. The summed E-state index contributed by atoms with van der Waals surface area (Å²) >= 11 is 8.28. The molecule has 4 nitrogen and oxygen atoms in total. The van der Waals surface area contributed by atoms with Gasteiger partial charge in [-0.05, 0) is 30.7 Å². The van der Waals surface area contributed by atoms with E-state index in [4.69, 9.17) is 11.6 Å². The van der Waals surface area contributed by atoms with Crippen molar-refractivity contribution in [3.05, 3.63) is 41.2 Å². The molecule has 7 heteroatoms. The Morgan fingerprint density at radius 2 is 2.11 bits per heavy atom. The summed E-state index contributed by atoms with van der Waals surface area (Å²) in [4.78, 5) is 0.203. The van der Waals surface area contributed by atoms with Crippen LogP contribution in [0.5, 0.6) is 0 Å². The molecule has 2 aromatic rings. The molecule has 1 unspecified atom stereocenters. The molecule has 1 heterocycles. The Balaban J connectivity index is 2.56. The molecule has 0 radical (unpaired) electrons. The molecule has 1 atom stereocenters. The lowest BCUT2D eigenvalue weighted by molar-refractivity contribution is 0.602. The van der Waals surface area contributed by atoms with Crippen LogP contribution in [0.1, 0.15) is 16.4 Å². The van der Waals surface area contributed by atoms with Gasteiger partial charge in [-0.3, -0.25) is 0 Å². The molecule has 0 aliphatic heterocycles. The summed E-state index contributed by atoms with van der Waals surface area (Å²) < 4.78 is 24.7. The van der Waals surface area contributed by atoms with Gasteiger partial charge in [0.05, 0.1) is 11.9 Å². The van der Waals surface area contributed by atoms with Crippen LogP contribution in [-0.2, 0) is 9.84 Å². The minimum absolute atomic E-state index is 0.203. The van der Waals surface area contributed by atoms with Crippen LogP contribution in [-0.4, -0.2) is 24.5 Å². The maximum Gasteiger partial charge on any atom is 0.178 e. The van der Waals surface area contributed by atoms with E-state index in [0.29, 0.717) is 5.02 Å². The topological polar surface area (TPSA) is 52.0 Å². The van der Waals surface area contributed by atoms with Crippen molar-refractivity contribution in [2.24, 2.45) is 0 Å². The minimum atomic E-state index is -3.24. The van der Waals surface area contributed by atoms with Crippen molar-refractivity contribution < 1.29 is 8.42 Å². The molecule has 0 bridgehead atoms. The predicted molar refractivity (Wildman–Crippen MR) is 84.1 cm³/mol. The van der Waals surface area contributed by atoms with E-state index in [1.54, 1.807) is 10.7 Å². The van der Waals surface area contributed by atoms with E-state index in [9.17, 15) is 8.42 Å². The van der Waals surface area contributed by atoms with Crippen LogP contribution < -0.4 is 0 Å². The standard InChI is InChI=1S/C12H12ClIN2O2S/c1-8(14)11-5-9(13)3-4-12(11)16-7-10(6-15-16)19(2,17)18/h3-8H,1-2H3. The quantitative estimate of drug-likeness (QED) is 0.575. The monoisotopic (exact) mass is 410 g/mol. The van der Waals surface area contributed by atoms with Crippen LogP contribution in [0.2, 0.25) is 5.02 Å². The molecule has 0 saturated carbocycles. The number of nitrogens with zero attached hydrogens (tertiary/aromatic N) is 2. The van der Waals surface area contributed by atoms with Crippen molar-refractivity contribution in [1.29, 1.82) is 0 Å². The molecular weight excluding hydrogens is 399 g/mol. The summed E-state index contributed by atoms with van der Waals surface area (Å²) in [5.74, 6) is 0. The second kappa shape index (κ2) is 5.41. The molecule has 102 valence electrons. The highest BCUT2D eigenvalue weighted by Gasteiger charge is 2.14. The number of hydrogen-bond donors (Lipinski definition) is 0. The maximum atomic E-state index is 11.5. The normalized spacial score (nSPS) is 13.5. The fourth-order valence-corrected chi connectivity index (χ4v) is 2.89. The lowest BCUT2D eigenvalue weighted by atomic mass is 10.1. The van der Waals surface area contributed by atoms with Gasteiger partial charge < -0.3 is 0 Å². The van der Waals surface area contributed by atoms with Crippen LogP contribution in [0.15, 0.2) is 35.5 Å². The van der Waals surface area contributed by atoms with Gasteiger partial charge in [0, 0.05) is 21.4 Å². The first-order valence-corrected chi connectivity index (χ1v) is 8.99. The fraction of sp³-hybridized carbons (Fsp3) is 0.250. The van der Waals surface area contributed by atoms with Gasteiger partial charge in [-0.25, -0.2) is 13.1 Å². The number of benzene rings is 1. The van der Waals surface area contributed by atoms with Gasteiger partial charge in [0.1, 0.15) is 4.90 Å². The van der Waals surface area contributed by atoms with Crippen LogP contribution in [0.3, 0.4) is 0 Å². The molecule has 0 saturated heterocycles. The first-order valence-electron chi connectivity index (χ1n) is 5.47. The second-order valence-electron chi connectivity index (χ2n) is 4.21. The van der Waals surface area contributed by atoms with E-state index in [1.165, 1.54) is 12.4 Å². The van der Waals surface area contributed by atoms with Crippen molar-refractivity contribution in [2.45, 2.75) is 15.7 Å². The van der Waals surface area contributed by atoms with Crippen LogP contribution in [0.4, 0.5) is 0 Å². The van der Waals surface area contributed by atoms with Crippen molar-refractivity contribution in [3.8, 4) is 5.69 Å². The number of alkyl halides is 1. The number of halogens is 2. The third-order valence-corrected chi connectivity index (χ3v) is 4.63. The van der Waals surface area contributed by atoms with Crippen molar-refractivity contribution in [3.63, 3.8) is 0 Å². The Morgan fingerprint density at radius 1 is 1.42 bits per heavy atom. The fourth-order valence-electron chi connectivity index (χ4n) is 1.68. The predicted octanol–water partition coefficient (Wildman–Crippen LogP) is 3.43. The highest BCUT2D eigenvalue weighted by atomic mass is 127. The summed E-state index contributed by atoms with van der Waals surface area (Å²) in [6.45, 7) is 2.04. The third kappa shape index (κ3) is 3.29. The molecule has 2 rings (SSSR count). The zero-order chi connectivity index (χ0) is 14.2. The average Bonchev–Trinajstić information content (AvgIpc) is 2.77. The van der Waals surface area contributed by atoms with Gasteiger partial charge in [-0.2, -0.15) is 5.10 Å². The highest BCUT2D eigenvalue weighted by Crippen LogP contribution is 2.30. The number of rotatable bonds is 3. The van der Waals surface area contributed by atoms with Gasteiger partial charge >= 0.3 is 0 Å². The SMILES string of the molecule is CC(I)c1cc(Cl)ccc1-n1cc(S(C)(=O)=O)cn1. The Hall–Kier alpha value is -0.600. The average molecular weight is 411 g/mol. The Bertz CT molecular complexity index is 710. The second-order valence-corrected chi connectivity index (χ2v) is 8.53. The summed E-state index contributed by atoms with van der Waals surface area (Å²) in [5.41, 5.74) is 1.84. The third-order valence-electron chi connectivity index (χ3n) is 2.65. The largest absolute Gasteiger partial charge is 0.239 e. The smallest absolute Gasteiger partial charge is 0.178 e. The summed E-state index contributed by atoms with van der Waals surface area (Å²) in [6.07, 6.45) is 4.03. The molecule has 0 aliphatic rings.